The molecule has 0 atom stereocenters. The van der Waals surface area contributed by atoms with Crippen molar-refractivity contribution in [1.29, 1.82) is 5.26 Å². The van der Waals surface area contributed by atoms with Crippen LogP contribution in [-0.4, -0.2) is 18.2 Å². The van der Waals surface area contributed by atoms with Gasteiger partial charge in [-0.05, 0) is 18.2 Å². The van der Waals surface area contributed by atoms with Crippen molar-refractivity contribution >= 4 is 17.7 Å². The van der Waals surface area contributed by atoms with Crippen molar-refractivity contribution in [2.24, 2.45) is 0 Å². The van der Waals surface area contributed by atoms with E-state index in [1.165, 1.54) is 13.2 Å². The molecule has 5 heteroatoms. The summed E-state index contributed by atoms with van der Waals surface area (Å²) in [6.45, 7) is 0. The molecule has 0 amide bonds. The number of nitrogen functional groups attached to an aromatic ring is 1. The lowest BCUT2D eigenvalue weighted by atomic mass is 10.1. The van der Waals surface area contributed by atoms with E-state index in [9.17, 15) is 4.79 Å². The third kappa shape index (κ3) is 2.51. The molecule has 1 rings (SSSR count). The maximum Gasteiger partial charge on any atom is 0.346 e. The molecule has 0 aliphatic carbocycles. The second kappa shape index (κ2) is 4.84. The summed E-state index contributed by atoms with van der Waals surface area (Å²) in [5, 5.41) is 17.3. The van der Waals surface area contributed by atoms with Gasteiger partial charge in [-0.3, -0.25) is 0 Å². The topological polar surface area (TPSA) is 96.3 Å². The number of benzene rings is 1. The van der Waals surface area contributed by atoms with Crippen LogP contribution in [0, 0.1) is 11.3 Å². The van der Waals surface area contributed by atoms with Gasteiger partial charge in [-0.2, -0.15) is 5.26 Å². The van der Waals surface area contributed by atoms with Crippen LogP contribution in [0.1, 0.15) is 5.56 Å². The Balaban J connectivity index is 3.24. The number of nitrogens with zero attached hydrogens (tertiary/aromatic N) is 1. The maximum absolute atomic E-state index is 10.6. The van der Waals surface area contributed by atoms with E-state index in [1.807, 2.05) is 0 Å². The van der Waals surface area contributed by atoms with E-state index >= 15 is 0 Å². The molecule has 5 nitrogen and oxygen atoms in total. The Kier molecular flexibility index (Phi) is 3.51. The highest BCUT2D eigenvalue weighted by molar-refractivity contribution is 5.96. The van der Waals surface area contributed by atoms with Crippen molar-refractivity contribution in [3.05, 3.63) is 29.3 Å². The van der Waals surface area contributed by atoms with E-state index in [0.717, 1.165) is 0 Å². The van der Waals surface area contributed by atoms with Crippen LogP contribution in [0.2, 0.25) is 0 Å². The van der Waals surface area contributed by atoms with E-state index < -0.39 is 5.97 Å². The standard InChI is InChI=1S/C11H10N2O3/c1-16-10-5-9(13)3-2-7(10)4-8(6-12)11(14)15/h2-5H,13H2,1H3,(H,14,15). The van der Waals surface area contributed by atoms with Crippen LogP contribution >= 0.6 is 0 Å². The van der Waals surface area contributed by atoms with E-state index in [4.69, 9.17) is 20.8 Å². The number of methoxy groups -OCH3 is 1. The number of aliphatic carboxylic acids is 1. The molecule has 1 aromatic rings. The first-order chi connectivity index (χ1) is 7.58. The molecule has 0 bridgehead atoms. The number of hydrogen-bond donors (Lipinski definition) is 2. The molecule has 0 saturated carbocycles. The van der Waals surface area contributed by atoms with Crippen LogP contribution in [0.4, 0.5) is 5.69 Å². The number of anilines is 1. The zero-order chi connectivity index (χ0) is 12.1. The molecule has 0 radical (unpaired) electrons. The molecule has 1 aromatic carbocycles. The van der Waals surface area contributed by atoms with Crippen LogP contribution in [-0.2, 0) is 4.79 Å². The SMILES string of the molecule is COc1cc(N)ccc1C=C(C#N)C(=O)O. The maximum atomic E-state index is 10.6. The van der Waals surface area contributed by atoms with Crippen LogP contribution in [0.15, 0.2) is 23.8 Å². The lowest BCUT2D eigenvalue weighted by Crippen LogP contribution is -1.98. The summed E-state index contributed by atoms with van der Waals surface area (Å²) >= 11 is 0. The van der Waals surface area contributed by atoms with Gasteiger partial charge in [-0.25, -0.2) is 4.79 Å². The third-order valence-electron chi connectivity index (χ3n) is 1.91. The Morgan fingerprint density at radius 1 is 1.62 bits per heavy atom. The quantitative estimate of drug-likeness (QED) is 0.452. The summed E-state index contributed by atoms with van der Waals surface area (Å²) in [6, 6.07) is 6.34. The van der Waals surface area contributed by atoms with Crippen LogP contribution in [0.3, 0.4) is 0 Å². The van der Waals surface area contributed by atoms with Crippen molar-refractivity contribution in [3.8, 4) is 11.8 Å². The molecular weight excluding hydrogens is 208 g/mol. The number of ether oxygens (including phenoxy) is 1. The predicted octanol–water partition coefficient (Wildman–Crippen LogP) is 1.27. The Morgan fingerprint density at radius 2 is 2.31 bits per heavy atom. The summed E-state index contributed by atoms with van der Waals surface area (Å²) in [5.74, 6) is -0.852. The van der Waals surface area contributed by atoms with Crippen molar-refractivity contribution in [1.82, 2.24) is 0 Å². The van der Waals surface area contributed by atoms with Crippen LogP contribution < -0.4 is 10.5 Å². The second-order valence-electron chi connectivity index (χ2n) is 2.98. The third-order valence-corrected chi connectivity index (χ3v) is 1.91. The van der Waals surface area contributed by atoms with Gasteiger partial charge >= 0.3 is 5.97 Å². The number of nitrogens with two attached hydrogens (primary N) is 1. The van der Waals surface area contributed by atoms with Crippen molar-refractivity contribution in [3.63, 3.8) is 0 Å². The highest BCUT2D eigenvalue weighted by atomic mass is 16.5. The van der Waals surface area contributed by atoms with Gasteiger partial charge in [0.2, 0.25) is 0 Å². The highest BCUT2D eigenvalue weighted by Gasteiger charge is 2.08. The summed E-state index contributed by atoms with van der Waals surface area (Å²) < 4.78 is 5.02. The van der Waals surface area contributed by atoms with Crippen molar-refractivity contribution in [2.75, 3.05) is 12.8 Å². The van der Waals surface area contributed by atoms with Gasteiger partial charge in [0.15, 0.2) is 0 Å². The monoisotopic (exact) mass is 218 g/mol. The fourth-order valence-electron chi connectivity index (χ4n) is 1.14. The number of carboxylic acids is 1. The lowest BCUT2D eigenvalue weighted by Gasteiger charge is -2.05. The van der Waals surface area contributed by atoms with E-state index in [-0.39, 0.29) is 5.57 Å². The molecule has 16 heavy (non-hydrogen) atoms. The first kappa shape index (κ1) is 11.6. The van der Waals surface area contributed by atoms with Crippen molar-refractivity contribution < 1.29 is 14.6 Å². The zero-order valence-electron chi connectivity index (χ0n) is 8.60. The van der Waals surface area contributed by atoms with Gasteiger partial charge in [0.1, 0.15) is 17.4 Å². The highest BCUT2D eigenvalue weighted by Crippen LogP contribution is 2.23. The van der Waals surface area contributed by atoms with Gasteiger partial charge in [0.05, 0.1) is 7.11 Å². The van der Waals surface area contributed by atoms with Crippen LogP contribution in [0.5, 0.6) is 5.75 Å². The van der Waals surface area contributed by atoms with Gasteiger partial charge in [0, 0.05) is 17.3 Å². The predicted molar refractivity (Wildman–Crippen MR) is 58.6 cm³/mol. The second-order valence-corrected chi connectivity index (χ2v) is 2.98. The van der Waals surface area contributed by atoms with Gasteiger partial charge < -0.3 is 15.6 Å². The molecule has 0 saturated heterocycles. The molecule has 0 fully saturated rings. The van der Waals surface area contributed by atoms with Crippen molar-refractivity contribution in [2.45, 2.75) is 0 Å². The zero-order valence-corrected chi connectivity index (χ0v) is 8.60. The molecular formula is C11H10N2O3. The molecule has 0 aliphatic rings. The Hall–Kier alpha value is -2.48. The van der Waals surface area contributed by atoms with E-state index in [1.54, 1.807) is 24.3 Å². The Bertz CT molecular complexity index is 486. The minimum atomic E-state index is -1.28. The van der Waals surface area contributed by atoms with E-state index in [2.05, 4.69) is 0 Å². The molecule has 0 heterocycles. The molecule has 0 aliphatic heterocycles. The summed E-state index contributed by atoms with van der Waals surface area (Å²) in [7, 11) is 1.44. The van der Waals surface area contributed by atoms with Gasteiger partial charge in [-0.1, -0.05) is 0 Å². The fraction of sp³-hybridized carbons (Fsp3) is 0.0909. The fourth-order valence-corrected chi connectivity index (χ4v) is 1.14. The normalized spacial score (nSPS) is 10.6. The van der Waals surface area contributed by atoms with Crippen LogP contribution in [0.25, 0.3) is 6.08 Å². The minimum Gasteiger partial charge on any atom is -0.496 e. The molecule has 3 N–H and O–H groups in total. The molecule has 82 valence electrons. The molecule has 0 spiro atoms. The van der Waals surface area contributed by atoms with Gasteiger partial charge in [-0.15, -0.1) is 0 Å². The van der Waals surface area contributed by atoms with Gasteiger partial charge in [0.25, 0.3) is 0 Å². The average molecular weight is 218 g/mol. The number of hydrogen-bond acceptors (Lipinski definition) is 4. The molecule has 0 unspecified atom stereocenters. The summed E-state index contributed by atoms with van der Waals surface area (Å²) in [4.78, 5) is 10.6. The first-order valence-electron chi connectivity index (χ1n) is 4.37. The minimum absolute atomic E-state index is 0.358. The Labute approximate surface area is 92.4 Å². The summed E-state index contributed by atoms with van der Waals surface area (Å²) in [5.41, 5.74) is 6.18. The average Bonchev–Trinajstić information content (AvgIpc) is 2.26. The number of nitriles is 1. The smallest absolute Gasteiger partial charge is 0.346 e. The number of carboxylic acid groups (broad SMARTS) is 1. The largest absolute Gasteiger partial charge is 0.496 e. The lowest BCUT2D eigenvalue weighted by molar-refractivity contribution is -0.132. The molecule has 0 aromatic heterocycles. The summed E-state index contributed by atoms with van der Waals surface area (Å²) in [6.07, 6.45) is 1.24. The Morgan fingerprint density at radius 3 is 2.81 bits per heavy atom. The number of rotatable bonds is 3. The van der Waals surface area contributed by atoms with E-state index in [0.29, 0.717) is 17.0 Å². The number of carbonyl (C=O) groups is 1. The first-order valence-corrected chi connectivity index (χ1v) is 4.37.